The Balaban J connectivity index is 2.54. The molecule has 0 unspecified atom stereocenters. The van der Waals surface area contributed by atoms with Crippen LogP contribution in [0.25, 0.3) is 0 Å². The van der Waals surface area contributed by atoms with Crippen LogP contribution in [-0.2, 0) is 11.2 Å². The smallest absolute Gasteiger partial charge is 0.236 e. The molecular formula is C14H17F2O. The molecule has 0 aliphatic carbocycles. The zero-order valence-electron chi connectivity index (χ0n) is 10.1. The number of aryl methyl sites for hydroxylation is 1. The highest BCUT2D eigenvalue weighted by Gasteiger charge is 2.12. The number of halogens is 2. The van der Waals surface area contributed by atoms with Crippen LogP contribution in [0, 0.1) is 11.6 Å². The largest absolute Gasteiger partial charge is 0.285 e. The van der Waals surface area contributed by atoms with Crippen molar-refractivity contribution in [1.29, 1.82) is 0 Å². The molecule has 93 valence electrons. The molecule has 0 fully saturated rings. The maximum Gasteiger partial charge on any atom is 0.236 e. The van der Waals surface area contributed by atoms with Crippen molar-refractivity contribution in [3.05, 3.63) is 34.9 Å². The van der Waals surface area contributed by atoms with Crippen molar-refractivity contribution in [2.24, 2.45) is 0 Å². The molecular weight excluding hydrogens is 222 g/mol. The lowest BCUT2D eigenvalue weighted by molar-refractivity contribution is 0.490. The van der Waals surface area contributed by atoms with E-state index in [-0.39, 0.29) is 5.56 Å². The molecule has 1 aromatic rings. The van der Waals surface area contributed by atoms with Crippen molar-refractivity contribution in [1.82, 2.24) is 0 Å². The first kappa shape index (κ1) is 13.8. The number of rotatable bonds is 7. The van der Waals surface area contributed by atoms with Crippen LogP contribution < -0.4 is 0 Å². The third-order valence-corrected chi connectivity index (χ3v) is 2.82. The second-order valence-electron chi connectivity index (χ2n) is 4.17. The number of hydrogen-bond acceptors (Lipinski definition) is 1. The molecule has 0 heterocycles. The second-order valence-corrected chi connectivity index (χ2v) is 4.17. The van der Waals surface area contributed by atoms with Gasteiger partial charge >= 0.3 is 0 Å². The van der Waals surface area contributed by atoms with Gasteiger partial charge in [0.2, 0.25) is 6.29 Å². The van der Waals surface area contributed by atoms with Crippen LogP contribution in [0.1, 0.15) is 50.2 Å². The third-order valence-electron chi connectivity index (χ3n) is 2.82. The molecule has 1 radical (unpaired) electrons. The zero-order valence-corrected chi connectivity index (χ0v) is 10.1. The molecule has 0 aliphatic heterocycles. The fraction of sp³-hybridized carbons (Fsp3) is 0.500. The van der Waals surface area contributed by atoms with Crippen LogP contribution >= 0.6 is 0 Å². The van der Waals surface area contributed by atoms with Gasteiger partial charge in [-0.25, -0.2) is 8.78 Å². The van der Waals surface area contributed by atoms with Gasteiger partial charge in [0, 0.05) is 0 Å². The Morgan fingerprint density at radius 2 is 1.76 bits per heavy atom. The first-order valence-corrected chi connectivity index (χ1v) is 6.05. The molecule has 0 amide bonds. The normalized spacial score (nSPS) is 10.5. The van der Waals surface area contributed by atoms with E-state index in [1.54, 1.807) is 0 Å². The van der Waals surface area contributed by atoms with E-state index in [1.807, 2.05) is 0 Å². The van der Waals surface area contributed by atoms with Gasteiger partial charge in [-0.1, -0.05) is 38.7 Å². The Hall–Kier alpha value is -1.25. The van der Waals surface area contributed by atoms with Crippen molar-refractivity contribution in [3.8, 4) is 0 Å². The molecule has 1 nitrogen and oxygen atoms in total. The average molecular weight is 239 g/mol. The molecule has 0 aliphatic rings. The Labute approximate surface area is 101 Å². The summed E-state index contributed by atoms with van der Waals surface area (Å²) in [5.41, 5.74) is 0.00947. The van der Waals surface area contributed by atoms with Gasteiger partial charge in [0.25, 0.3) is 0 Å². The quantitative estimate of drug-likeness (QED) is 0.659. The Kier molecular flexibility index (Phi) is 5.81. The minimum atomic E-state index is -1.08. The van der Waals surface area contributed by atoms with E-state index < -0.39 is 11.6 Å². The van der Waals surface area contributed by atoms with Crippen molar-refractivity contribution in [2.75, 3.05) is 0 Å². The summed E-state index contributed by atoms with van der Waals surface area (Å²) in [7, 11) is 0. The summed E-state index contributed by atoms with van der Waals surface area (Å²) in [4.78, 5) is 10.3. The number of benzene rings is 1. The van der Waals surface area contributed by atoms with Gasteiger partial charge in [0.1, 0.15) is 0 Å². The molecule has 17 heavy (non-hydrogen) atoms. The summed E-state index contributed by atoms with van der Waals surface area (Å²) in [5.74, 6) is -1.98. The van der Waals surface area contributed by atoms with Crippen LogP contribution in [0.4, 0.5) is 8.78 Å². The Morgan fingerprint density at radius 3 is 2.41 bits per heavy atom. The molecule has 0 atom stereocenters. The molecule has 0 N–H and O–H groups in total. The molecule has 3 heteroatoms. The van der Waals surface area contributed by atoms with E-state index in [2.05, 4.69) is 6.92 Å². The van der Waals surface area contributed by atoms with Crippen molar-refractivity contribution < 1.29 is 13.6 Å². The number of unbranched alkanes of at least 4 members (excludes halogenated alkanes) is 4. The molecule has 0 spiro atoms. The van der Waals surface area contributed by atoms with Gasteiger partial charge in [-0.05, 0) is 24.5 Å². The summed E-state index contributed by atoms with van der Waals surface area (Å²) in [5, 5.41) is 0. The van der Waals surface area contributed by atoms with Crippen LogP contribution in [-0.4, -0.2) is 6.29 Å². The predicted molar refractivity (Wildman–Crippen MR) is 63.6 cm³/mol. The van der Waals surface area contributed by atoms with Crippen LogP contribution in [0.15, 0.2) is 12.1 Å². The summed E-state index contributed by atoms with van der Waals surface area (Å²) >= 11 is 0. The van der Waals surface area contributed by atoms with Gasteiger partial charge in [-0.15, -0.1) is 0 Å². The highest BCUT2D eigenvalue weighted by molar-refractivity contribution is 5.75. The van der Waals surface area contributed by atoms with Gasteiger partial charge < -0.3 is 0 Å². The highest BCUT2D eigenvalue weighted by Crippen LogP contribution is 2.17. The van der Waals surface area contributed by atoms with Crippen molar-refractivity contribution >= 4 is 6.29 Å². The van der Waals surface area contributed by atoms with E-state index in [4.69, 9.17) is 0 Å². The fourth-order valence-corrected chi connectivity index (χ4v) is 1.78. The minimum absolute atomic E-state index is 0.336. The molecule has 0 saturated heterocycles. The second kappa shape index (κ2) is 7.15. The van der Waals surface area contributed by atoms with Crippen LogP contribution in [0.3, 0.4) is 0 Å². The van der Waals surface area contributed by atoms with E-state index >= 15 is 0 Å². The van der Waals surface area contributed by atoms with Crippen molar-refractivity contribution in [3.63, 3.8) is 0 Å². The lowest BCUT2D eigenvalue weighted by atomic mass is 10.0. The van der Waals surface area contributed by atoms with E-state index in [0.717, 1.165) is 25.7 Å². The first-order chi connectivity index (χ1) is 8.20. The Morgan fingerprint density at radius 1 is 1.06 bits per heavy atom. The molecule has 0 saturated carbocycles. The number of carbonyl (C=O) groups excluding carboxylic acids is 1. The van der Waals surface area contributed by atoms with Gasteiger partial charge in [0.15, 0.2) is 11.6 Å². The molecule has 1 aromatic carbocycles. The summed E-state index contributed by atoms with van der Waals surface area (Å²) in [6.07, 6.45) is 7.24. The number of hydrogen-bond donors (Lipinski definition) is 0. The summed E-state index contributed by atoms with van der Waals surface area (Å²) in [6, 6.07) is 2.76. The van der Waals surface area contributed by atoms with Gasteiger partial charge in [0.05, 0.1) is 5.56 Å². The van der Waals surface area contributed by atoms with E-state index in [0.29, 0.717) is 12.0 Å². The molecule has 0 bridgehead atoms. The molecule has 0 aromatic heterocycles. The summed E-state index contributed by atoms with van der Waals surface area (Å²) in [6.45, 7) is 2.13. The van der Waals surface area contributed by atoms with Crippen molar-refractivity contribution in [2.45, 2.75) is 45.4 Å². The average Bonchev–Trinajstić information content (AvgIpc) is 2.34. The fourth-order valence-electron chi connectivity index (χ4n) is 1.78. The first-order valence-electron chi connectivity index (χ1n) is 6.05. The minimum Gasteiger partial charge on any atom is -0.285 e. The lowest BCUT2D eigenvalue weighted by Gasteiger charge is -2.05. The van der Waals surface area contributed by atoms with Crippen LogP contribution in [0.2, 0.25) is 0 Å². The van der Waals surface area contributed by atoms with Gasteiger partial charge in [-0.2, -0.15) is 0 Å². The van der Waals surface area contributed by atoms with Crippen LogP contribution in [0.5, 0.6) is 0 Å². The SMILES string of the molecule is CCCCCCCc1ccc([C]=O)c(F)c1F. The topological polar surface area (TPSA) is 17.1 Å². The van der Waals surface area contributed by atoms with Gasteiger partial charge in [-0.3, -0.25) is 4.79 Å². The lowest BCUT2D eigenvalue weighted by Crippen LogP contribution is -1.99. The zero-order chi connectivity index (χ0) is 12.7. The van der Waals surface area contributed by atoms with E-state index in [1.165, 1.54) is 24.8 Å². The Bertz CT molecular complexity index is 375. The van der Waals surface area contributed by atoms with E-state index in [9.17, 15) is 13.6 Å². The maximum atomic E-state index is 13.5. The third kappa shape index (κ3) is 3.91. The summed E-state index contributed by atoms with van der Waals surface area (Å²) < 4.78 is 26.7. The highest BCUT2D eigenvalue weighted by atomic mass is 19.2. The standard InChI is InChI=1S/C14H17F2O/c1-2-3-4-5-6-7-11-8-9-12(10-17)14(16)13(11)15/h8-9H,2-7H2,1H3. The monoisotopic (exact) mass is 239 g/mol. The molecule has 1 rings (SSSR count). The maximum absolute atomic E-state index is 13.5. The predicted octanol–water partition coefficient (Wildman–Crippen LogP) is 3.94.